The van der Waals surface area contributed by atoms with Gasteiger partial charge in [-0.1, -0.05) is 6.58 Å². The molecule has 0 aliphatic carbocycles. The van der Waals surface area contributed by atoms with Crippen LogP contribution in [0.3, 0.4) is 0 Å². The summed E-state index contributed by atoms with van der Waals surface area (Å²) in [6.45, 7) is 4.19. The maximum Gasteiger partial charge on any atom is 0.246 e. The Balaban J connectivity index is 1.87. The summed E-state index contributed by atoms with van der Waals surface area (Å²) in [7, 11) is 0. The second-order valence-electron chi connectivity index (χ2n) is 5.44. The van der Waals surface area contributed by atoms with Gasteiger partial charge >= 0.3 is 0 Å². The smallest absolute Gasteiger partial charge is 0.246 e. The van der Waals surface area contributed by atoms with E-state index >= 15 is 0 Å². The fourth-order valence-electron chi connectivity index (χ4n) is 2.84. The second kappa shape index (κ2) is 6.06. The van der Waals surface area contributed by atoms with Gasteiger partial charge in [0.15, 0.2) is 0 Å². The Labute approximate surface area is 132 Å². The number of nitriles is 1. The number of aromatic nitrogens is 3. The van der Waals surface area contributed by atoms with Gasteiger partial charge in [-0.05, 0) is 12.5 Å². The van der Waals surface area contributed by atoms with Gasteiger partial charge in [-0.25, -0.2) is 9.97 Å². The van der Waals surface area contributed by atoms with Crippen LogP contribution in [-0.4, -0.2) is 56.1 Å². The van der Waals surface area contributed by atoms with Crippen molar-refractivity contribution in [1.29, 1.82) is 5.26 Å². The Bertz CT molecular complexity index is 793. The van der Waals surface area contributed by atoms with Crippen LogP contribution >= 0.6 is 0 Å². The quantitative estimate of drug-likeness (QED) is 0.706. The highest BCUT2D eigenvalue weighted by atomic mass is 16.3. The largest absolute Gasteiger partial charge is 0.391 e. The lowest BCUT2D eigenvalue weighted by molar-refractivity contribution is -0.129. The molecule has 0 bridgehead atoms. The van der Waals surface area contributed by atoms with Crippen molar-refractivity contribution in [2.45, 2.75) is 18.6 Å². The molecule has 2 atom stereocenters. The molecule has 1 amide bonds. The van der Waals surface area contributed by atoms with Crippen molar-refractivity contribution in [3.8, 4) is 6.07 Å². The predicted molar refractivity (Wildman–Crippen MR) is 83.4 cm³/mol. The third-order valence-electron chi connectivity index (χ3n) is 3.85. The Morgan fingerprint density at radius 1 is 1.57 bits per heavy atom. The zero-order valence-corrected chi connectivity index (χ0v) is 12.4. The molecule has 1 fully saturated rings. The molecule has 1 aliphatic heterocycles. The Morgan fingerprint density at radius 3 is 3.13 bits per heavy atom. The first-order valence-corrected chi connectivity index (χ1v) is 7.20. The zero-order chi connectivity index (χ0) is 16.4. The number of hydrogen-bond donors (Lipinski definition) is 3. The van der Waals surface area contributed by atoms with Crippen LogP contribution in [0.2, 0.25) is 0 Å². The van der Waals surface area contributed by atoms with E-state index in [1.165, 1.54) is 12.4 Å². The van der Waals surface area contributed by atoms with Crippen molar-refractivity contribution in [3.63, 3.8) is 0 Å². The number of nitrogens with one attached hydrogen (secondary N) is 2. The van der Waals surface area contributed by atoms with E-state index in [1.54, 1.807) is 11.1 Å². The molecule has 8 nitrogen and oxygen atoms in total. The molecule has 0 unspecified atom stereocenters. The maximum absolute atomic E-state index is 11.8. The van der Waals surface area contributed by atoms with Gasteiger partial charge < -0.3 is 20.3 Å². The fourth-order valence-corrected chi connectivity index (χ4v) is 2.84. The van der Waals surface area contributed by atoms with Crippen molar-refractivity contribution in [3.05, 3.63) is 30.7 Å². The molecule has 0 saturated carbocycles. The van der Waals surface area contributed by atoms with Gasteiger partial charge in [0, 0.05) is 25.3 Å². The van der Waals surface area contributed by atoms with Gasteiger partial charge in [0.25, 0.3) is 0 Å². The number of carbonyl (C=O) groups is 1. The van der Waals surface area contributed by atoms with E-state index in [0.717, 1.165) is 0 Å². The first-order valence-electron chi connectivity index (χ1n) is 7.20. The highest BCUT2D eigenvalue weighted by Gasteiger charge is 2.28. The van der Waals surface area contributed by atoms with Crippen molar-refractivity contribution < 1.29 is 9.90 Å². The summed E-state index contributed by atoms with van der Waals surface area (Å²) in [5.74, 6) is 0.292. The van der Waals surface area contributed by atoms with Crippen LogP contribution < -0.4 is 5.32 Å². The van der Waals surface area contributed by atoms with Gasteiger partial charge in [-0.2, -0.15) is 5.26 Å². The molecule has 3 heterocycles. The lowest BCUT2D eigenvalue weighted by Gasteiger charge is -2.35. The van der Waals surface area contributed by atoms with Crippen LogP contribution in [0, 0.1) is 11.3 Å². The molecule has 23 heavy (non-hydrogen) atoms. The van der Waals surface area contributed by atoms with Crippen molar-refractivity contribution in [1.82, 2.24) is 19.9 Å². The number of amides is 1. The summed E-state index contributed by atoms with van der Waals surface area (Å²) < 4.78 is 0. The highest BCUT2D eigenvalue weighted by molar-refractivity contribution is 5.92. The van der Waals surface area contributed by atoms with Gasteiger partial charge in [-0.3, -0.25) is 4.79 Å². The summed E-state index contributed by atoms with van der Waals surface area (Å²) in [5, 5.41) is 23.0. The summed E-state index contributed by atoms with van der Waals surface area (Å²) in [6.07, 6.45) is 4.07. The van der Waals surface area contributed by atoms with Gasteiger partial charge in [0.1, 0.15) is 23.9 Å². The van der Waals surface area contributed by atoms with E-state index in [1.807, 2.05) is 0 Å². The van der Waals surface area contributed by atoms with Crippen LogP contribution in [0.5, 0.6) is 0 Å². The molecule has 3 N–H and O–H groups in total. The monoisotopic (exact) mass is 312 g/mol. The molecule has 0 spiro atoms. The standard InChI is InChI=1S/C15H16N6O2/c1-2-12(23)21-6-10(3-11(22)7-21)20-15-13-9(4-16)5-17-14(13)18-8-19-15/h2,5,8,10-11,22H,1,3,6-7H2,(H2,17,18,19,20)/t10-,11+/m1/s1. The average molecular weight is 312 g/mol. The number of aliphatic hydroxyl groups is 1. The Morgan fingerprint density at radius 2 is 2.39 bits per heavy atom. The fraction of sp³-hybridized carbons (Fsp3) is 0.333. The number of piperidine rings is 1. The first kappa shape index (κ1) is 15.0. The normalized spacial score (nSPS) is 21.0. The molecule has 2 aromatic rings. The molecule has 0 radical (unpaired) electrons. The maximum atomic E-state index is 11.8. The SMILES string of the molecule is C=CC(=O)N1C[C@@H](O)C[C@@H](Nc2ncnc3[nH]cc(C#N)c23)C1. The lowest BCUT2D eigenvalue weighted by Crippen LogP contribution is -2.50. The third kappa shape index (κ3) is 2.86. The van der Waals surface area contributed by atoms with E-state index in [2.05, 4.69) is 32.9 Å². The van der Waals surface area contributed by atoms with Crippen LogP contribution in [0.25, 0.3) is 11.0 Å². The number of aliphatic hydroxyl groups excluding tert-OH is 1. The second-order valence-corrected chi connectivity index (χ2v) is 5.44. The van der Waals surface area contributed by atoms with E-state index in [4.69, 9.17) is 0 Å². The van der Waals surface area contributed by atoms with Crippen molar-refractivity contribution in [2.24, 2.45) is 0 Å². The summed E-state index contributed by atoms with van der Waals surface area (Å²) >= 11 is 0. The zero-order valence-electron chi connectivity index (χ0n) is 12.4. The number of rotatable bonds is 3. The van der Waals surface area contributed by atoms with Gasteiger partial charge in [-0.15, -0.1) is 0 Å². The van der Waals surface area contributed by atoms with E-state index in [9.17, 15) is 15.2 Å². The Kier molecular flexibility index (Phi) is 3.95. The minimum absolute atomic E-state index is 0.179. The minimum Gasteiger partial charge on any atom is -0.391 e. The van der Waals surface area contributed by atoms with Crippen LogP contribution in [0.4, 0.5) is 5.82 Å². The van der Waals surface area contributed by atoms with Crippen LogP contribution in [-0.2, 0) is 4.79 Å². The minimum atomic E-state index is -0.621. The molecular formula is C15H16N6O2. The number of nitrogens with zero attached hydrogens (tertiary/aromatic N) is 4. The third-order valence-corrected chi connectivity index (χ3v) is 3.85. The number of hydrogen-bond acceptors (Lipinski definition) is 6. The summed E-state index contributed by atoms with van der Waals surface area (Å²) in [4.78, 5) is 24.5. The molecule has 3 rings (SSSR count). The van der Waals surface area contributed by atoms with Crippen LogP contribution in [0.1, 0.15) is 12.0 Å². The average Bonchev–Trinajstić information content (AvgIpc) is 2.97. The molecule has 8 heteroatoms. The number of β-amino-alcohol motifs (C(OH)–C–C–N with tert-alkyl or cyclic N) is 1. The van der Waals surface area contributed by atoms with Crippen LogP contribution in [0.15, 0.2) is 25.2 Å². The number of anilines is 1. The number of carbonyl (C=O) groups excluding carboxylic acids is 1. The van der Waals surface area contributed by atoms with Crippen molar-refractivity contribution >= 4 is 22.8 Å². The van der Waals surface area contributed by atoms with E-state index in [0.29, 0.717) is 35.4 Å². The molecular weight excluding hydrogens is 296 g/mol. The molecule has 2 aromatic heterocycles. The molecule has 118 valence electrons. The number of aromatic amines is 1. The van der Waals surface area contributed by atoms with E-state index in [-0.39, 0.29) is 18.5 Å². The molecule has 0 aromatic carbocycles. The van der Waals surface area contributed by atoms with Crippen molar-refractivity contribution in [2.75, 3.05) is 18.4 Å². The number of likely N-dealkylation sites (tertiary alicyclic amines) is 1. The van der Waals surface area contributed by atoms with E-state index < -0.39 is 6.10 Å². The number of fused-ring (bicyclic) bond motifs is 1. The van der Waals surface area contributed by atoms with Gasteiger partial charge in [0.2, 0.25) is 5.91 Å². The Hall–Kier alpha value is -2.92. The first-order chi connectivity index (χ1) is 11.1. The molecule has 1 aliphatic rings. The predicted octanol–water partition coefficient (Wildman–Crippen LogP) is 0.389. The lowest BCUT2D eigenvalue weighted by atomic mass is 10.0. The highest BCUT2D eigenvalue weighted by Crippen LogP contribution is 2.24. The van der Waals surface area contributed by atoms with Gasteiger partial charge in [0.05, 0.1) is 17.1 Å². The topological polar surface area (TPSA) is 118 Å². The molecule has 1 saturated heterocycles. The summed E-state index contributed by atoms with van der Waals surface area (Å²) in [5.41, 5.74) is 1.01. The number of H-pyrrole nitrogens is 1. The summed E-state index contributed by atoms with van der Waals surface area (Å²) in [6, 6.07) is 1.92.